The summed E-state index contributed by atoms with van der Waals surface area (Å²) in [4.78, 5) is 11.7. The van der Waals surface area contributed by atoms with Crippen LogP contribution in [0.2, 0.25) is 0 Å². The minimum atomic E-state index is -0.648. The van der Waals surface area contributed by atoms with Crippen molar-refractivity contribution in [2.24, 2.45) is 0 Å². The lowest BCUT2D eigenvalue weighted by Crippen LogP contribution is -2.14. The summed E-state index contributed by atoms with van der Waals surface area (Å²) in [6.07, 6.45) is 2.25. The van der Waals surface area contributed by atoms with Gasteiger partial charge in [0.25, 0.3) is 0 Å². The molecule has 1 saturated heterocycles. The van der Waals surface area contributed by atoms with Crippen molar-refractivity contribution in [1.82, 2.24) is 0 Å². The van der Waals surface area contributed by atoms with E-state index in [1.165, 1.54) is 12.1 Å². The van der Waals surface area contributed by atoms with E-state index in [2.05, 4.69) is 0 Å². The third kappa shape index (κ3) is 3.60. The van der Waals surface area contributed by atoms with Gasteiger partial charge < -0.3 is 4.74 Å². The van der Waals surface area contributed by atoms with Gasteiger partial charge in [-0.3, -0.25) is 4.79 Å². The molecule has 0 saturated carbocycles. The van der Waals surface area contributed by atoms with Crippen molar-refractivity contribution in [2.45, 2.75) is 31.8 Å². The zero-order valence-corrected chi connectivity index (χ0v) is 9.42. The van der Waals surface area contributed by atoms with Crippen LogP contribution in [0.25, 0.3) is 0 Å². The molecule has 1 aliphatic heterocycles. The van der Waals surface area contributed by atoms with Crippen LogP contribution in [0.15, 0.2) is 18.2 Å². The number of ether oxygens (including phenoxy) is 1. The minimum absolute atomic E-state index is 0.0130. The van der Waals surface area contributed by atoms with Crippen LogP contribution in [0.4, 0.5) is 8.78 Å². The van der Waals surface area contributed by atoms with Gasteiger partial charge in [-0.1, -0.05) is 0 Å². The lowest BCUT2D eigenvalue weighted by Gasteiger charge is -2.08. The van der Waals surface area contributed by atoms with E-state index in [1.54, 1.807) is 0 Å². The van der Waals surface area contributed by atoms with Crippen LogP contribution in [0, 0.1) is 11.6 Å². The number of carbonyl (C=O) groups excluding carboxylic acids is 1. The Morgan fingerprint density at radius 3 is 2.59 bits per heavy atom. The number of hydrogen-bond donors (Lipinski definition) is 0. The molecule has 0 radical (unpaired) electrons. The fourth-order valence-corrected chi connectivity index (χ4v) is 2.07. The van der Waals surface area contributed by atoms with Crippen molar-refractivity contribution in [1.29, 1.82) is 0 Å². The molecule has 1 aliphatic rings. The summed E-state index contributed by atoms with van der Waals surface area (Å²) < 4.78 is 31.2. The first-order chi connectivity index (χ1) is 8.13. The molecule has 1 aromatic carbocycles. The Labute approximate surface area is 98.6 Å². The number of hydrogen-bond acceptors (Lipinski definition) is 2. The largest absolute Gasteiger partial charge is 0.378 e. The smallest absolute Gasteiger partial charge is 0.139 e. The van der Waals surface area contributed by atoms with Crippen LogP contribution in [-0.2, 0) is 16.0 Å². The van der Waals surface area contributed by atoms with E-state index >= 15 is 0 Å². The summed E-state index contributed by atoms with van der Waals surface area (Å²) in [7, 11) is 0. The molecule has 92 valence electrons. The van der Waals surface area contributed by atoms with Gasteiger partial charge in [-0.2, -0.15) is 0 Å². The van der Waals surface area contributed by atoms with Crippen LogP contribution in [-0.4, -0.2) is 18.5 Å². The van der Waals surface area contributed by atoms with E-state index in [4.69, 9.17) is 4.74 Å². The van der Waals surface area contributed by atoms with Gasteiger partial charge in [0, 0.05) is 25.5 Å². The molecule has 4 heteroatoms. The van der Waals surface area contributed by atoms with Crippen molar-refractivity contribution < 1.29 is 18.3 Å². The second-order valence-electron chi connectivity index (χ2n) is 4.33. The summed E-state index contributed by atoms with van der Waals surface area (Å²) >= 11 is 0. The number of Topliss-reactive ketones (excluding diaryl/α,β-unsaturated/α-hetero) is 1. The molecule has 0 amide bonds. The third-order valence-corrected chi connectivity index (χ3v) is 2.80. The highest BCUT2D eigenvalue weighted by Gasteiger charge is 2.19. The molecular formula is C13H14F2O2. The summed E-state index contributed by atoms with van der Waals surface area (Å²) in [5, 5.41) is 0. The normalized spacial score (nSPS) is 19.5. The predicted molar refractivity (Wildman–Crippen MR) is 58.7 cm³/mol. The maximum atomic E-state index is 12.9. The van der Waals surface area contributed by atoms with Gasteiger partial charge in [-0.25, -0.2) is 8.78 Å². The Kier molecular flexibility index (Phi) is 3.84. The van der Waals surface area contributed by atoms with Crippen LogP contribution >= 0.6 is 0 Å². The summed E-state index contributed by atoms with van der Waals surface area (Å²) in [6, 6.07) is 3.18. The monoisotopic (exact) mass is 240 g/mol. The van der Waals surface area contributed by atoms with Gasteiger partial charge in [0.2, 0.25) is 0 Å². The lowest BCUT2D eigenvalue weighted by molar-refractivity contribution is -0.120. The predicted octanol–water partition coefficient (Wildman–Crippen LogP) is 2.65. The molecule has 0 aliphatic carbocycles. The van der Waals surface area contributed by atoms with Gasteiger partial charge in [0.15, 0.2) is 0 Å². The maximum Gasteiger partial charge on any atom is 0.139 e. The molecule has 1 atom stereocenters. The van der Waals surface area contributed by atoms with Crippen LogP contribution in [0.5, 0.6) is 0 Å². The average Bonchev–Trinajstić information content (AvgIpc) is 2.67. The fourth-order valence-electron chi connectivity index (χ4n) is 2.07. The molecule has 1 aromatic rings. The summed E-state index contributed by atoms with van der Waals surface area (Å²) in [6.45, 7) is 0.701. The average molecular weight is 240 g/mol. The van der Waals surface area contributed by atoms with Crippen molar-refractivity contribution >= 4 is 5.78 Å². The molecule has 0 N–H and O–H groups in total. The fraction of sp³-hybridized carbons (Fsp3) is 0.462. The second kappa shape index (κ2) is 5.36. The molecule has 0 spiro atoms. The van der Waals surface area contributed by atoms with E-state index in [0.29, 0.717) is 18.6 Å². The molecule has 1 heterocycles. The van der Waals surface area contributed by atoms with Gasteiger partial charge in [-0.05, 0) is 30.5 Å². The van der Waals surface area contributed by atoms with E-state index in [-0.39, 0.29) is 18.3 Å². The molecule has 2 rings (SSSR count). The number of carbonyl (C=O) groups is 1. The number of ketones is 1. The van der Waals surface area contributed by atoms with Crippen LogP contribution < -0.4 is 0 Å². The van der Waals surface area contributed by atoms with Gasteiger partial charge in [-0.15, -0.1) is 0 Å². The molecule has 2 nitrogen and oxygen atoms in total. The Hall–Kier alpha value is -1.29. The number of benzene rings is 1. The second-order valence-corrected chi connectivity index (χ2v) is 4.33. The minimum Gasteiger partial charge on any atom is -0.378 e. The zero-order valence-electron chi connectivity index (χ0n) is 9.42. The van der Waals surface area contributed by atoms with E-state index < -0.39 is 11.6 Å². The summed E-state index contributed by atoms with van der Waals surface area (Å²) in [5.41, 5.74) is 0.380. The van der Waals surface area contributed by atoms with Gasteiger partial charge in [0.1, 0.15) is 17.4 Å². The highest BCUT2D eigenvalue weighted by molar-refractivity contribution is 5.81. The van der Waals surface area contributed by atoms with E-state index in [0.717, 1.165) is 18.9 Å². The number of halogens is 2. The summed E-state index contributed by atoms with van der Waals surface area (Å²) in [5.74, 6) is -1.34. The molecule has 1 fully saturated rings. The molecule has 1 unspecified atom stereocenters. The molecule has 0 bridgehead atoms. The maximum absolute atomic E-state index is 12.9. The Morgan fingerprint density at radius 2 is 2.00 bits per heavy atom. The molecule has 0 aromatic heterocycles. The van der Waals surface area contributed by atoms with Crippen molar-refractivity contribution in [3.05, 3.63) is 35.4 Å². The van der Waals surface area contributed by atoms with Crippen LogP contribution in [0.1, 0.15) is 24.8 Å². The Bertz CT molecular complexity index is 392. The zero-order chi connectivity index (χ0) is 12.3. The Morgan fingerprint density at radius 1 is 1.29 bits per heavy atom. The SMILES string of the molecule is O=C(Cc1cc(F)cc(F)c1)CC1CCCO1. The standard InChI is InChI=1S/C13H14F2O2/c14-10-4-9(5-11(15)7-10)6-12(16)8-13-2-1-3-17-13/h4-5,7,13H,1-3,6,8H2. The Balaban J connectivity index is 1.92. The first-order valence-electron chi connectivity index (χ1n) is 5.72. The van der Waals surface area contributed by atoms with Crippen LogP contribution in [0.3, 0.4) is 0 Å². The van der Waals surface area contributed by atoms with Crippen molar-refractivity contribution in [2.75, 3.05) is 6.61 Å². The quantitative estimate of drug-likeness (QED) is 0.808. The first kappa shape index (κ1) is 12.2. The molecule has 17 heavy (non-hydrogen) atoms. The van der Waals surface area contributed by atoms with E-state index in [1.807, 2.05) is 0 Å². The highest BCUT2D eigenvalue weighted by Crippen LogP contribution is 2.17. The lowest BCUT2D eigenvalue weighted by atomic mass is 10.0. The molecular weight excluding hydrogens is 226 g/mol. The number of rotatable bonds is 4. The topological polar surface area (TPSA) is 26.3 Å². The van der Waals surface area contributed by atoms with Crippen molar-refractivity contribution in [3.63, 3.8) is 0 Å². The van der Waals surface area contributed by atoms with Crippen molar-refractivity contribution in [3.8, 4) is 0 Å². The third-order valence-electron chi connectivity index (χ3n) is 2.80. The van der Waals surface area contributed by atoms with Gasteiger partial charge >= 0.3 is 0 Å². The highest BCUT2D eigenvalue weighted by atomic mass is 19.1. The van der Waals surface area contributed by atoms with Gasteiger partial charge in [0.05, 0.1) is 6.10 Å². The first-order valence-corrected chi connectivity index (χ1v) is 5.72. The van der Waals surface area contributed by atoms with E-state index in [9.17, 15) is 13.6 Å².